The van der Waals surface area contributed by atoms with E-state index in [0.717, 1.165) is 17.1 Å². The van der Waals surface area contributed by atoms with Crippen LogP contribution in [0.4, 0.5) is 0 Å². The highest BCUT2D eigenvalue weighted by molar-refractivity contribution is 7.09. The monoisotopic (exact) mass is 251 g/mol. The van der Waals surface area contributed by atoms with Crippen LogP contribution in [-0.2, 0) is 11.3 Å². The number of carbonyl (C=O) groups is 1. The lowest BCUT2D eigenvalue weighted by Crippen LogP contribution is -2.32. The standard InChI is InChI=1S/C12H17N3OS/c1-4-5-10(6-13)12(16)15(3)7-11-8-17-9(2)14-11/h8,10H,4-5,7H2,1-3H3. The van der Waals surface area contributed by atoms with Crippen molar-refractivity contribution in [1.29, 1.82) is 5.26 Å². The molecule has 0 aliphatic heterocycles. The Bertz CT molecular complexity index is 422. The molecular formula is C12H17N3OS. The van der Waals surface area contributed by atoms with Crippen LogP contribution in [-0.4, -0.2) is 22.8 Å². The normalized spacial score (nSPS) is 11.9. The zero-order valence-electron chi connectivity index (χ0n) is 10.4. The van der Waals surface area contributed by atoms with Crippen LogP contribution in [0.5, 0.6) is 0 Å². The van der Waals surface area contributed by atoms with E-state index in [4.69, 9.17) is 5.26 Å². The summed E-state index contributed by atoms with van der Waals surface area (Å²) in [6.45, 7) is 4.39. The molecule has 0 fully saturated rings. The van der Waals surface area contributed by atoms with Crippen molar-refractivity contribution in [3.05, 3.63) is 16.1 Å². The topological polar surface area (TPSA) is 57.0 Å². The van der Waals surface area contributed by atoms with E-state index < -0.39 is 5.92 Å². The summed E-state index contributed by atoms with van der Waals surface area (Å²) in [5, 5.41) is 11.9. The lowest BCUT2D eigenvalue weighted by Gasteiger charge is -2.18. The molecule has 92 valence electrons. The maximum atomic E-state index is 12.0. The van der Waals surface area contributed by atoms with Crippen molar-refractivity contribution >= 4 is 17.2 Å². The molecule has 1 aromatic heterocycles. The number of nitriles is 1. The van der Waals surface area contributed by atoms with Gasteiger partial charge in [-0.15, -0.1) is 11.3 Å². The summed E-state index contributed by atoms with van der Waals surface area (Å²) in [5.74, 6) is -0.635. The number of rotatable bonds is 5. The SMILES string of the molecule is CCCC(C#N)C(=O)N(C)Cc1csc(C)n1. The first-order valence-electron chi connectivity index (χ1n) is 5.64. The lowest BCUT2D eigenvalue weighted by atomic mass is 10.0. The number of hydrogen-bond acceptors (Lipinski definition) is 4. The van der Waals surface area contributed by atoms with Crippen molar-refractivity contribution in [2.24, 2.45) is 5.92 Å². The summed E-state index contributed by atoms with van der Waals surface area (Å²) in [4.78, 5) is 17.8. The minimum Gasteiger partial charge on any atom is -0.339 e. The van der Waals surface area contributed by atoms with Gasteiger partial charge in [-0.2, -0.15) is 5.26 Å². The molecule has 0 radical (unpaired) electrons. The number of aromatic nitrogens is 1. The average molecular weight is 251 g/mol. The Morgan fingerprint density at radius 1 is 1.71 bits per heavy atom. The zero-order valence-corrected chi connectivity index (χ0v) is 11.3. The number of hydrogen-bond donors (Lipinski definition) is 0. The number of nitrogens with zero attached hydrogens (tertiary/aromatic N) is 3. The summed E-state index contributed by atoms with van der Waals surface area (Å²) >= 11 is 1.57. The van der Waals surface area contributed by atoms with E-state index in [2.05, 4.69) is 11.1 Å². The third kappa shape index (κ3) is 3.82. The van der Waals surface area contributed by atoms with Crippen molar-refractivity contribution in [3.63, 3.8) is 0 Å². The average Bonchev–Trinajstić information content (AvgIpc) is 2.70. The van der Waals surface area contributed by atoms with Crippen LogP contribution in [0.3, 0.4) is 0 Å². The smallest absolute Gasteiger partial charge is 0.240 e. The molecule has 0 aromatic carbocycles. The minimum absolute atomic E-state index is 0.111. The molecule has 4 nitrogen and oxygen atoms in total. The van der Waals surface area contributed by atoms with Crippen LogP contribution in [0, 0.1) is 24.2 Å². The first-order chi connectivity index (χ1) is 8.08. The summed E-state index contributed by atoms with van der Waals surface area (Å²) in [5.41, 5.74) is 0.886. The predicted octanol–water partition coefficient (Wildman–Crippen LogP) is 2.35. The molecule has 0 aliphatic carbocycles. The molecule has 1 aromatic rings. The Morgan fingerprint density at radius 3 is 2.88 bits per heavy atom. The van der Waals surface area contributed by atoms with Crippen LogP contribution < -0.4 is 0 Å². The fourth-order valence-electron chi connectivity index (χ4n) is 1.60. The fraction of sp³-hybridized carbons (Fsp3) is 0.583. The van der Waals surface area contributed by atoms with E-state index in [1.54, 1.807) is 23.3 Å². The van der Waals surface area contributed by atoms with Crippen LogP contribution in [0.15, 0.2) is 5.38 Å². The number of carbonyl (C=O) groups excluding carboxylic acids is 1. The van der Waals surface area contributed by atoms with Gasteiger partial charge in [0.1, 0.15) is 5.92 Å². The predicted molar refractivity (Wildman–Crippen MR) is 67.3 cm³/mol. The van der Waals surface area contributed by atoms with Gasteiger partial charge in [0.25, 0.3) is 0 Å². The van der Waals surface area contributed by atoms with Crippen molar-refractivity contribution in [2.45, 2.75) is 33.2 Å². The Balaban J connectivity index is 2.60. The van der Waals surface area contributed by atoms with E-state index in [9.17, 15) is 4.79 Å². The number of thiazole rings is 1. The Hall–Kier alpha value is -1.41. The fourth-order valence-corrected chi connectivity index (χ4v) is 2.20. The molecule has 1 heterocycles. The van der Waals surface area contributed by atoms with Crippen molar-refractivity contribution in [2.75, 3.05) is 7.05 Å². The first kappa shape index (κ1) is 13.7. The first-order valence-corrected chi connectivity index (χ1v) is 6.52. The molecule has 0 bridgehead atoms. The van der Waals surface area contributed by atoms with Gasteiger partial charge in [-0.3, -0.25) is 4.79 Å². The molecule has 0 saturated carbocycles. The highest BCUT2D eigenvalue weighted by Gasteiger charge is 2.21. The van der Waals surface area contributed by atoms with Crippen molar-refractivity contribution < 1.29 is 4.79 Å². The highest BCUT2D eigenvalue weighted by Crippen LogP contribution is 2.13. The maximum Gasteiger partial charge on any atom is 0.240 e. The number of aryl methyl sites for hydroxylation is 1. The van der Waals surface area contributed by atoms with E-state index in [1.165, 1.54) is 0 Å². The molecule has 0 N–H and O–H groups in total. The third-order valence-corrected chi connectivity index (χ3v) is 3.30. The molecule has 1 unspecified atom stereocenters. The summed E-state index contributed by atoms with van der Waals surface area (Å²) in [6, 6.07) is 2.07. The zero-order chi connectivity index (χ0) is 12.8. The Labute approximate surface area is 106 Å². The second-order valence-corrected chi connectivity index (χ2v) is 5.08. The van der Waals surface area contributed by atoms with Gasteiger partial charge in [0.2, 0.25) is 5.91 Å². The van der Waals surface area contributed by atoms with E-state index in [-0.39, 0.29) is 5.91 Å². The Morgan fingerprint density at radius 2 is 2.41 bits per heavy atom. The van der Waals surface area contributed by atoms with Gasteiger partial charge in [-0.25, -0.2) is 4.98 Å². The summed E-state index contributed by atoms with van der Waals surface area (Å²) in [6.07, 6.45) is 1.46. The number of amides is 1. The molecule has 1 rings (SSSR count). The molecule has 17 heavy (non-hydrogen) atoms. The van der Waals surface area contributed by atoms with Crippen molar-refractivity contribution in [3.8, 4) is 6.07 Å². The third-order valence-electron chi connectivity index (χ3n) is 2.47. The summed E-state index contributed by atoms with van der Waals surface area (Å²) < 4.78 is 0. The van der Waals surface area contributed by atoms with Gasteiger partial charge in [0, 0.05) is 12.4 Å². The molecule has 5 heteroatoms. The van der Waals surface area contributed by atoms with Crippen LogP contribution in [0.2, 0.25) is 0 Å². The molecule has 1 atom stereocenters. The Kier molecular flexibility index (Phi) is 5.11. The van der Waals surface area contributed by atoms with E-state index in [1.807, 2.05) is 19.2 Å². The molecule has 1 amide bonds. The van der Waals surface area contributed by atoms with Gasteiger partial charge in [0.15, 0.2) is 0 Å². The molecule has 0 saturated heterocycles. The van der Waals surface area contributed by atoms with Crippen LogP contribution in [0.25, 0.3) is 0 Å². The van der Waals surface area contributed by atoms with Gasteiger partial charge < -0.3 is 4.90 Å². The van der Waals surface area contributed by atoms with E-state index >= 15 is 0 Å². The van der Waals surface area contributed by atoms with Gasteiger partial charge in [-0.05, 0) is 13.3 Å². The quantitative estimate of drug-likeness (QED) is 0.807. The molecule has 0 spiro atoms. The second-order valence-electron chi connectivity index (χ2n) is 4.02. The largest absolute Gasteiger partial charge is 0.339 e. The van der Waals surface area contributed by atoms with Gasteiger partial charge in [0.05, 0.1) is 23.3 Å². The van der Waals surface area contributed by atoms with Gasteiger partial charge in [-0.1, -0.05) is 13.3 Å². The van der Waals surface area contributed by atoms with Gasteiger partial charge >= 0.3 is 0 Å². The highest BCUT2D eigenvalue weighted by atomic mass is 32.1. The second kappa shape index (κ2) is 6.36. The van der Waals surface area contributed by atoms with E-state index in [0.29, 0.717) is 13.0 Å². The maximum absolute atomic E-state index is 12.0. The molecular weight excluding hydrogens is 234 g/mol. The van der Waals surface area contributed by atoms with Crippen molar-refractivity contribution in [1.82, 2.24) is 9.88 Å². The van der Waals surface area contributed by atoms with Crippen LogP contribution in [0.1, 0.15) is 30.5 Å². The summed E-state index contributed by atoms with van der Waals surface area (Å²) in [7, 11) is 1.72. The molecule has 0 aliphatic rings. The lowest BCUT2D eigenvalue weighted by molar-refractivity contribution is -0.133. The minimum atomic E-state index is -0.523. The van der Waals surface area contributed by atoms with Crippen LogP contribution >= 0.6 is 11.3 Å².